The van der Waals surface area contributed by atoms with Crippen molar-refractivity contribution < 1.29 is 0 Å². The van der Waals surface area contributed by atoms with Gasteiger partial charge in [-0.3, -0.25) is 9.69 Å². The first-order valence-corrected chi connectivity index (χ1v) is 6.91. The number of rotatable bonds is 2. The summed E-state index contributed by atoms with van der Waals surface area (Å²) >= 11 is 0. The minimum Gasteiger partial charge on any atom is -0.385 e. The Morgan fingerprint density at radius 2 is 2.05 bits per heavy atom. The summed E-state index contributed by atoms with van der Waals surface area (Å²) in [7, 11) is 0. The summed E-state index contributed by atoms with van der Waals surface area (Å²) in [6.45, 7) is 4.35. The molecule has 0 saturated carbocycles. The molecule has 0 bridgehead atoms. The van der Waals surface area contributed by atoms with Crippen LogP contribution >= 0.6 is 0 Å². The van der Waals surface area contributed by atoms with Gasteiger partial charge in [0.1, 0.15) is 5.82 Å². The van der Waals surface area contributed by atoms with Gasteiger partial charge in [-0.15, -0.1) is 0 Å². The topological polar surface area (TPSA) is 62.1 Å². The van der Waals surface area contributed by atoms with E-state index in [4.69, 9.17) is 5.73 Å². The van der Waals surface area contributed by atoms with Crippen molar-refractivity contribution in [3.05, 3.63) is 62.9 Å². The van der Waals surface area contributed by atoms with E-state index in [0.717, 1.165) is 37.3 Å². The van der Waals surface area contributed by atoms with E-state index in [1.165, 1.54) is 5.56 Å². The Morgan fingerprint density at radius 3 is 2.80 bits per heavy atom. The zero-order chi connectivity index (χ0) is 14.1. The molecule has 20 heavy (non-hydrogen) atoms. The molecule has 1 aromatic carbocycles. The van der Waals surface area contributed by atoms with E-state index in [0.29, 0.717) is 11.4 Å². The lowest BCUT2D eigenvalue weighted by Crippen LogP contribution is -2.35. The van der Waals surface area contributed by atoms with Gasteiger partial charge in [0.2, 0.25) is 0 Å². The molecule has 0 fully saturated rings. The molecule has 2 heterocycles. The highest BCUT2D eigenvalue weighted by Gasteiger charge is 2.21. The third kappa shape index (κ3) is 2.34. The molecule has 0 atom stereocenters. The molecule has 3 N–H and O–H groups in total. The van der Waals surface area contributed by atoms with Crippen molar-refractivity contribution in [3.63, 3.8) is 0 Å². The number of nitrogens with two attached hydrogens (primary N) is 1. The van der Waals surface area contributed by atoms with Gasteiger partial charge in [0.25, 0.3) is 0 Å². The lowest BCUT2D eigenvalue weighted by molar-refractivity contribution is 0.241. The van der Waals surface area contributed by atoms with Crippen LogP contribution in [-0.4, -0.2) is 16.4 Å². The lowest BCUT2D eigenvalue weighted by atomic mass is 10.0. The standard InChI is InChI=1S/C16H19N3O/c1-11-15(20)13-7-8-19(10-14(13)18-16(11)17)9-12-5-3-2-4-6-12/h2-6H,7-10H2,1H3,(H3,17,18,20). The largest absolute Gasteiger partial charge is 0.385 e. The zero-order valence-corrected chi connectivity index (χ0v) is 11.6. The Hall–Kier alpha value is -2.07. The van der Waals surface area contributed by atoms with Gasteiger partial charge in [-0.2, -0.15) is 0 Å². The fourth-order valence-electron chi connectivity index (χ4n) is 2.77. The van der Waals surface area contributed by atoms with E-state index in [1.54, 1.807) is 6.92 Å². The molecule has 0 unspecified atom stereocenters. The third-order valence-electron chi connectivity index (χ3n) is 3.98. The Balaban J connectivity index is 1.84. The predicted molar refractivity (Wildman–Crippen MR) is 80.5 cm³/mol. The maximum absolute atomic E-state index is 12.2. The highest BCUT2D eigenvalue weighted by Crippen LogP contribution is 2.18. The normalized spacial score (nSPS) is 15.1. The molecule has 0 amide bonds. The quantitative estimate of drug-likeness (QED) is 0.874. The number of pyridine rings is 1. The summed E-state index contributed by atoms with van der Waals surface area (Å²) in [6.07, 6.45) is 0.790. The van der Waals surface area contributed by atoms with Gasteiger partial charge in [0.15, 0.2) is 5.43 Å². The second-order valence-corrected chi connectivity index (χ2v) is 5.40. The van der Waals surface area contributed by atoms with Gasteiger partial charge in [-0.05, 0) is 18.9 Å². The van der Waals surface area contributed by atoms with Crippen molar-refractivity contribution in [2.45, 2.75) is 26.4 Å². The van der Waals surface area contributed by atoms with Crippen LogP contribution in [0.2, 0.25) is 0 Å². The Kier molecular flexibility index (Phi) is 3.32. The molecule has 0 spiro atoms. The van der Waals surface area contributed by atoms with Crippen LogP contribution in [0.5, 0.6) is 0 Å². The summed E-state index contributed by atoms with van der Waals surface area (Å²) in [5, 5.41) is 0. The second-order valence-electron chi connectivity index (χ2n) is 5.40. The van der Waals surface area contributed by atoms with Crippen molar-refractivity contribution in [2.75, 3.05) is 12.3 Å². The molecule has 1 aliphatic rings. The Bertz CT molecular complexity index is 676. The molecule has 0 radical (unpaired) electrons. The van der Waals surface area contributed by atoms with E-state index in [2.05, 4.69) is 34.1 Å². The number of fused-ring (bicyclic) bond motifs is 1. The molecule has 4 nitrogen and oxygen atoms in total. The first kappa shape index (κ1) is 12.9. The number of nitrogens with one attached hydrogen (secondary N) is 1. The van der Waals surface area contributed by atoms with Crippen LogP contribution < -0.4 is 11.2 Å². The molecule has 0 saturated heterocycles. The number of aromatic nitrogens is 1. The molecule has 0 aliphatic carbocycles. The number of anilines is 1. The van der Waals surface area contributed by atoms with Crippen LogP contribution in [0.3, 0.4) is 0 Å². The molecular formula is C16H19N3O. The third-order valence-corrected chi connectivity index (χ3v) is 3.98. The first-order chi connectivity index (χ1) is 9.65. The maximum atomic E-state index is 12.2. The molecular weight excluding hydrogens is 250 g/mol. The molecule has 1 aliphatic heterocycles. The summed E-state index contributed by atoms with van der Waals surface area (Å²) in [6, 6.07) is 10.4. The number of H-pyrrole nitrogens is 1. The summed E-state index contributed by atoms with van der Waals surface area (Å²) in [5.41, 5.74) is 9.78. The number of aromatic amines is 1. The van der Waals surface area contributed by atoms with Crippen molar-refractivity contribution in [1.82, 2.24) is 9.88 Å². The van der Waals surface area contributed by atoms with Crippen LogP contribution in [0, 0.1) is 6.92 Å². The van der Waals surface area contributed by atoms with Crippen LogP contribution in [0.25, 0.3) is 0 Å². The molecule has 3 rings (SSSR count). The van der Waals surface area contributed by atoms with Crippen molar-refractivity contribution >= 4 is 5.82 Å². The predicted octanol–water partition coefficient (Wildman–Crippen LogP) is 1.82. The summed E-state index contributed by atoms with van der Waals surface area (Å²) < 4.78 is 0. The minimum atomic E-state index is 0.107. The smallest absolute Gasteiger partial charge is 0.190 e. The minimum absolute atomic E-state index is 0.107. The molecule has 104 valence electrons. The van der Waals surface area contributed by atoms with E-state index >= 15 is 0 Å². The summed E-state index contributed by atoms with van der Waals surface area (Å²) in [5.74, 6) is 0.496. The highest BCUT2D eigenvalue weighted by molar-refractivity contribution is 5.43. The average Bonchev–Trinajstić information content (AvgIpc) is 2.46. The lowest BCUT2D eigenvalue weighted by Gasteiger charge is -2.28. The number of benzene rings is 1. The van der Waals surface area contributed by atoms with E-state index < -0.39 is 0 Å². The number of nitrogen functional groups attached to an aromatic ring is 1. The molecule has 1 aromatic heterocycles. The van der Waals surface area contributed by atoms with Crippen LogP contribution in [-0.2, 0) is 19.5 Å². The van der Waals surface area contributed by atoms with Gasteiger partial charge in [0.05, 0.1) is 0 Å². The van der Waals surface area contributed by atoms with Gasteiger partial charge in [-0.25, -0.2) is 0 Å². The van der Waals surface area contributed by atoms with E-state index in [9.17, 15) is 4.79 Å². The number of hydrogen-bond acceptors (Lipinski definition) is 3. The average molecular weight is 269 g/mol. The van der Waals surface area contributed by atoms with E-state index in [-0.39, 0.29) is 5.43 Å². The van der Waals surface area contributed by atoms with Crippen LogP contribution in [0.1, 0.15) is 22.4 Å². The van der Waals surface area contributed by atoms with Gasteiger partial charge in [0, 0.05) is 36.5 Å². The number of nitrogens with zero attached hydrogens (tertiary/aromatic N) is 1. The molecule has 4 heteroatoms. The van der Waals surface area contributed by atoms with Gasteiger partial charge >= 0.3 is 0 Å². The maximum Gasteiger partial charge on any atom is 0.190 e. The zero-order valence-electron chi connectivity index (χ0n) is 11.6. The monoisotopic (exact) mass is 269 g/mol. The van der Waals surface area contributed by atoms with Crippen LogP contribution in [0.15, 0.2) is 35.1 Å². The van der Waals surface area contributed by atoms with Crippen molar-refractivity contribution in [1.29, 1.82) is 0 Å². The fourth-order valence-corrected chi connectivity index (χ4v) is 2.77. The van der Waals surface area contributed by atoms with Crippen molar-refractivity contribution in [3.8, 4) is 0 Å². The molecule has 2 aromatic rings. The SMILES string of the molecule is Cc1c(N)[nH]c2c(c1=O)CCN(Cc1ccccc1)C2. The van der Waals surface area contributed by atoms with Crippen LogP contribution in [0.4, 0.5) is 5.82 Å². The van der Waals surface area contributed by atoms with Gasteiger partial charge in [-0.1, -0.05) is 30.3 Å². The van der Waals surface area contributed by atoms with E-state index in [1.807, 2.05) is 6.07 Å². The highest BCUT2D eigenvalue weighted by atomic mass is 16.1. The first-order valence-electron chi connectivity index (χ1n) is 6.91. The Morgan fingerprint density at radius 1 is 1.30 bits per heavy atom. The summed E-state index contributed by atoms with van der Waals surface area (Å²) in [4.78, 5) is 17.7. The van der Waals surface area contributed by atoms with Gasteiger partial charge < -0.3 is 10.7 Å². The van der Waals surface area contributed by atoms with Crippen molar-refractivity contribution in [2.24, 2.45) is 0 Å². The number of hydrogen-bond donors (Lipinski definition) is 2. The fraction of sp³-hybridized carbons (Fsp3) is 0.312. The second kappa shape index (κ2) is 5.13. The Labute approximate surface area is 118 Å².